The summed E-state index contributed by atoms with van der Waals surface area (Å²) in [6.07, 6.45) is 3.20. The maximum Gasteiger partial charge on any atom is 0.319 e. The van der Waals surface area contributed by atoms with Crippen molar-refractivity contribution in [2.24, 2.45) is 0 Å². The highest BCUT2D eigenvalue weighted by atomic mass is 16.5. The van der Waals surface area contributed by atoms with Crippen molar-refractivity contribution in [1.82, 2.24) is 10.6 Å². The van der Waals surface area contributed by atoms with Gasteiger partial charge >= 0.3 is 6.03 Å². The highest BCUT2D eigenvalue weighted by molar-refractivity contribution is 5.92. The molecule has 0 aromatic heterocycles. The third-order valence-corrected chi connectivity index (χ3v) is 4.01. The van der Waals surface area contributed by atoms with Crippen LogP contribution < -0.4 is 25.4 Å². The molecule has 0 spiro atoms. The van der Waals surface area contributed by atoms with Gasteiger partial charge in [0.1, 0.15) is 0 Å². The van der Waals surface area contributed by atoms with E-state index in [0.29, 0.717) is 30.3 Å². The van der Waals surface area contributed by atoms with Crippen molar-refractivity contribution in [2.75, 3.05) is 19.0 Å². The number of ether oxygens (including phenoxy) is 2. The third kappa shape index (κ3) is 7.50. The molecule has 0 unspecified atom stereocenters. The second-order valence-electron chi connectivity index (χ2n) is 6.84. The monoisotopic (exact) mass is 411 g/mol. The fraction of sp³-hybridized carbons (Fsp3) is 0.304. The van der Waals surface area contributed by atoms with Crippen molar-refractivity contribution in [3.05, 3.63) is 59.7 Å². The molecule has 0 aliphatic heterocycles. The summed E-state index contributed by atoms with van der Waals surface area (Å²) < 4.78 is 10.8. The predicted octanol–water partition coefficient (Wildman–Crippen LogP) is 3.95. The van der Waals surface area contributed by atoms with Crippen LogP contribution in [0.4, 0.5) is 10.5 Å². The van der Waals surface area contributed by atoms with Crippen LogP contribution in [0, 0.1) is 0 Å². The Kier molecular flexibility index (Phi) is 8.75. The summed E-state index contributed by atoms with van der Waals surface area (Å²) in [6, 6.07) is 12.6. The van der Waals surface area contributed by atoms with Crippen molar-refractivity contribution in [3.63, 3.8) is 0 Å². The van der Waals surface area contributed by atoms with Gasteiger partial charge in [0, 0.05) is 24.4 Å². The van der Waals surface area contributed by atoms with E-state index in [4.69, 9.17) is 9.47 Å². The van der Waals surface area contributed by atoms with Crippen LogP contribution >= 0.6 is 0 Å². The molecule has 0 saturated carbocycles. The second kappa shape index (κ2) is 11.5. The van der Waals surface area contributed by atoms with E-state index in [1.165, 1.54) is 6.08 Å². The van der Waals surface area contributed by atoms with Gasteiger partial charge in [-0.3, -0.25) is 4.79 Å². The standard InChI is InChI=1S/C23H29N3O4/c1-5-30-21-14-17(8-12-20(21)29-4)9-13-22(27)24-15-18-6-10-19(11-7-18)26-23(28)25-16(2)3/h6-14,16H,5,15H2,1-4H3,(H,24,27)(H2,25,26,28). The highest BCUT2D eigenvalue weighted by Crippen LogP contribution is 2.28. The van der Waals surface area contributed by atoms with E-state index < -0.39 is 0 Å². The zero-order valence-electron chi connectivity index (χ0n) is 17.8. The average molecular weight is 412 g/mol. The molecule has 7 nitrogen and oxygen atoms in total. The van der Waals surface area contributed by atoms with E-state index in [1.54, 1.807) is 31.4 Å². The summed E-state index contributed by atoms with van der Waals surface area (Å²) in [5.74, 6) is 1.08. The van der Waals surface area contributed by atoms with Crippen molar-refractivity contribution in [3.8, 4) is 11.5 Å². The first-order valence-corrected chi connectivity index (χ1v) is 9.84. The van der Waals surface area contributed by atoms with Gasteiger partial charge in [-0.2, -0.15) is 0 Å². The highest BCUT2D eigenvalue weighted by Gasteiger charge is 2.05. The van der Waals surface area contributed by atoms with Crippen molar-refractivity contribution >= 4 is 23.7 Å². The molecule has 3 amide bonds. The minimum Gasteiger partial charge on any atom is -0.493 e. The number of carbonyl (C=O) groups is 2. The van der Waals surface area contributed by atoms with Crippen molar-refractivity contribution < 1.29 is 19.1 Å². The van der Waals surface area contributed by atoms with E-state index in [0.717, 1.165) is 11.1 Å². The van der Waals surface area contributed by atoms with E-state index in [9.17, 15) is 9.59 Å². The number of rotatable bonds is 9. The molecule has 0 atom stereocenters. The van der Waals surface area contributed by atoms with E-state index in [-0.39, 0.29) is 18.0 Å². The Morgan fingerprint density at radius 1 is 1.07 bits per heavy atom. The second-order valence-corrected chi connectivity index (χ2v) is 6.84. The van der Waals surface area contributed by atoms with Gasteiger partial charge in [0.15, 0.2) is 11.5 Å². The molecular formula is C23H29N3O4. The van der Waals surface area contributed by atoms with Gasteiger partial charge < -0.3 is 25.4 Å². The molecule has 0 fully saturated rings. The fourth-order valence-electron chi connectivity index (χ4n) is 2.62. The lowest BCUT2D eigenvalue weighted by Crippen LogP contribution is -2.34. The molecule has 0 heterocycles. The van der Waals surface area contributed by atoms with Crippen LogP contribution in [-0.4, -0.2) is 31.7 Å². The average Bonchev–Trinajstić information content (AvgIpc) is 2.71. The Bertz CT molecular complexity index is 877. The molecule has 0 saturated heterocycles. The predicted molar refractivity (Wildman–Crippen MR) is 119 cm³/mol. The zero-order valence-corrected chi connectivity index (χ0v) is 17.8. The van der Waals surface area contributed by atoms with E-state index in [2.05, 4.69) is 16.0 Å². The number of methoxy groups -OCH3 is 1. The number of benzene rings is 2. The Hall–Kier alpha value is -3.48. The van der Waals surface area contributed by atoms with Gasteiger partial charge in [-0.05, 0) is 62.2 Å². The minimum atomic E-state index is -0.248. The van der Waals surface area contributed by atoms with Gasteiger partial charge in [-0.25, -0.2) is 4.79 Å². The van der Waals surface area contributed by atoms with Crippen LogP contribution in [-0.2, 0) is 11.3 Å². The molecule has 160 valence electrons. The molecular weight excluding hydrogens is 382 g/mol. The number of carbonyl (C=O) groups excluding carboxylic acids is 2. The maximum absolute atomic E-state index is 12.1. The molecule has 2 aromatic carbocycles. The van der Waals surface area contributed by atoms with Crippen LogP contribution in [0.15, 0.2) is 48.5 Å². The summed E-state index contributed by atoms with van der Waals surface area (Å²) in [5.41, 5.74) is 2.45. The summed E-state index contributed by atoms with van der Waals surface area (Å²) in [7, 11) is 1.59. The lowest BCUT2D eigenvalue weighted by atomic mass is 10.2. The van der Waals surface area contributed by atoms with Crippen molar-refractivity contribution in [2.45, 2.75) is 33.4 Å². The van der Waals surface area contributed by atoms with Crippen LogP contribution in [0.2, 0.25) is 0 Å². The number of hydrogen-bond acceptors (Lipinski definition) is 4. The molecule has 30 heavy (non-hydrogen) atoms. The van der Waals surface area contributed by atoms with Crippen LogP contribution in [0.3, 0.4) is 0 Å². The maximum atomic E-state index is 12.1. The Morgan fingerprint density at radius 2 is 1.80 bits per heavy atom. The fourth-order valence-corrected chi connectivity index (χ4v) is 2.62. The lowest BCUT2D eigenvalue weighted by molar-refractivity contribution is -0.116. The Balaban J connectivity index is 1.87. The number of amides is 3. The van der Waals surface area contributed by atoms with E-state index >= 15 is 0 Å². The molecule has 0 radical (unpaired) electrons. The molecule has 2 rings (SSSR count). The van der Waals surface area contributed by atoms with Crippen molar-refractivity contribution in [1.29, 1.82) is 0 Å². The number of hydrogen-bond donors (Lipinski definition) is 3. The van der Waals surface area contributed by atoms with Gasteiger partial charge in [-0.15, -0.1) is 0 Å². The van der Waals surface area contributed by atoms with Crippen LogP contribution in [0.1, 0.15) is 31.9 Å². The topological polar surface area (TPSA) is 88.7 Å². The van der Waals surface area contributed by atoms with Crippen LogP contribution in [0.25, 0.3) is 6.08 Å². The van der Waals surface area contributed by atoms with E-state index in [1.807, 2.05) is 45.0 Å². The van der Waals surface area contributed by atoms with Gasteiger partial charge in [-0.1, -0.05) is 18.2 Å². The first-order valence-electron chi connectivity index (χ1n) is 9.84. The molecule has 0 aliphatic rings. The SMILES string of the molecule is CCOc1cc(C=CC(=O)NCc2ccc(NC(=O)NC(C)C)cc2)ccc1OC. The van der Waals surface area contributed by atoms with Gasteiger partial charge in [0.2, 0.25) is 5.91 Å². The largest absolute Gasteiger partial charge is 0.493 e. The zero-order chi connectivity index (χ0) is 21.9. The Labute approximate surface area is 177 Å². The molecule has 0 bridgehead atoms. The van der Waals surface area contributed by atoms with Crippen LogP contribution in [0.5, 0.6) is 11.5 Å². The van der Waals surface area contributed by atoms with Gasteiger partial charge in [0.05, 0.1) is 13.7 Å². The van der Waals surface area contributed by atoms with Gasteiger partial charge in [0.25, 0.3) is 0 Å². The first kappa shape index (κ1) is 22.8. The summed E-state index contributed by atoms with van der Waals surface area (Å²) in [6.45, 7) is 6.60. The molecule has 7 heteroatoms. The quantitative estimate of drug-likeness (QED) is 0.545. The summed E-state index contributed by atoms with van der Waals surface area (Å²) >= 11 is 0. The molecule has 0 aliphatic carbocycles. The third-order valence-electron chi connectivity index (χ3n) is 4.01. The number of anilines is 1. The molecule has 3 N–H and O–H groups in total. The lowest BCUT2D eigenvalue weighted by Gasteiger charge is -2.10. The minimum absolute atomic E-state index is 0.0659. The summed E-state index contributed by atoms with van der Waals surface area (Å²) in [4.78, 5) is 23.8. The first-order chi connectivity index (χ1) is 14.4. The smallest absolute Gasteiger partial charge is 0.319 e. The Morgan fingerprint density at radius 3 is 2.43 bits per heavy atom. The number of urea groups is 1. The normalized spacial score (nSPS) is 10.7. The summed E-state index contributed by atoms with van der Waals surface area (Å²) in [5, 5.41) is 8.35. The molecule has 2 aromatic rings. The number of nitrogens with one attached hydrogen (secondary N) is 3.